The Balaban J connectivity index is 2.21. The molecular weight excluding hydrogens is 230 g/mol. The SMILES string of the molecule is COc1ccc(C(N)C(OC)C2CC2)cc1OC. The lowest BCUT2D eigenvalue weighted by Gasteiger charge is -2.23. The number of nitrogens with two attached hydrogens (primary N) is 1. The van der Waals surface area contributed by atoms with E-state index < -0.39 is 0 Å². The minimum atomic E-state index is -0.123. The average Bonchev–Trinajstić information content (AvgIpc) is 3.23. The number of hydrogen-bond donors (Lipinski definition) is 1. The van der Waals surface area contributed by atoms with Gasteiger partial charge in [0.25, 0.3) is 0 Å². The normalized spacial score (nSPS) is 18.2. The van der Waals surface area contributed by atoms with Crippen molar-refractivity contribution in [2.75, 3.05) is 21.3 Å². The van der Waals surface area contributed by atoms with Crippen molar-refractivity contribution < 1.29 is 14.2 Å². The van der Waals surface area contributed by atoms with Crippen LogP contribution in [-0.2, 0) is 4.74 Å². The summed E-state index contributed by atoms with van der Waals surface area (Å²) in [6.45, 7) is 0. The second-order valence-electron chi connectivity index (χ2n) is 4.68. The first-order valence-corrected chi connectivity index (χ1v) is 6.21. The van der Waals surface area contributed by atoms with Crippen molar-refractivity contribution in [2.24, 2.45) is 11.7 Å². The van der Waals surface area contributed by atoms with Crippen LogP contribution >= 0.6 is 0 Å². The molecule has 0 spiro atoms. The summed E-state index contributed by atoms with van der Waals surface area (Å²) in [5.74, 6) is 2.02. The van der Waals surface area contributed by atoms with Crippen molar-refractivity contribution in [3.05, 3.63) is 23.8 Å². The van der Waals surface area contributed by atoms with Crippen LogP contribution in [0.5, 0.6) is 11.5 Å². The van der Waals surface area contributed by atoms with Gasteiger partial charge in [0.2, 0.25) is 0 Å². The van der Waals surface area contributed by atoms with Gasteiger partial charge in [0.15, 0.2) is 11.5 Å². The fourth-order valence-electron chi connectivity index (χ4n) is 2.31. The minimum absolute atomic E-state index is 0.0862. The van der Waals surface area contributed by atoms with Crippen molar-refractivity contribution in [1.82, 2.24) is 0 Å². The Kier molecular flexibility index (Phi) is 4.09. The predicted molar refractivity (Wildman–Crippen MR) is 70.0 cm³/mol. The maximum atomic E-state index is 6.28. The van der Waals surface area contributed by atoms with Crippen molar-refractivity contribution in [3.8, 4) is 11.5 Å². The topological polar surface area (TPSA) is 53.7 Å². The zero-order valence-electron chi connectivity index (χ0n) is 11.2. The Morgan fingerprint density at radius 3 is 2.28 bits per heavy atom. The van der Waals surface area contributed by atoms with Gasteiger partial charge in [0, 0.05) is 7.11 Å². The van der Waals surface area contributed by atoms with Crippen LogP contribution < -0.4 is 15.2 Å². The molecule has 0 heterocycles. The summed E-state index contributed by atoms with van der Waals surface area (Å²) in [5.41, 5.74) is 7.30. The number of hydrogen-bond acceptors (Lipinski definition) is 4. The largest absolute Gasteiger partial charge is 0.493 e. The lowest BCUT2D eigenvalue weighted by molar-refractivity contribution is 0.0623. The molecule has 0 saturated heterocycles. The van der Waals surface area contributed by atoms with Crippen LogP contribution in [0.2, 0.25) is 0 Å². The van der Waals surface area contributed by atoms with E-state index in [1.54, 1.807) is 21.3 Å². The predicted octanol–water partition coefficient (Wildman–Crippen LogP) is 2.13. The zero-order chi connectivity index (χ0) is 13.1. The number of ether oxygens (including phenoxy) is 3. The monoisotopic (exact) mass is 251 g/mol. The molecule has 1 fully saturated rings. The maximum Gasteiger partial charge on any atom is 0.161 e. The highest BCUT2D eigenvalue weighted by Gasteiger charge is 2.36. The molecule has 2 atom stereocenters. The molecule has 0 aliphatic heterocycles. The highest BCUT2D eigenvalue weighted by molar-refractivity contribution is 5.44. The molecule has 1 aliphatic carbocycles. The number of methoxy groups -OCH3 is 3. The molecule has 1 aromatic carbocycles. The zero-order valence-corrected chi connectivity index (χ0v) is 11.2. The van der Waals surface area contributed by atoms with Crippen molar-refractivity contribution in [2.45, 2.75) is 25.0 Å². The van der Waals surface area contributed by atoms with Gasteiger partial charge < -0.3 is 19.9 Å². The Hall–Kier alpha value is -1.26. The minimum Gasteiger partial charge on any atom is -0.493 e. The van der Waals surface area contributed by atoms with E-state index >= 15 is 0 Å². The van der Waals surface area contributed by atoms with E-state index in [0.29, 0.717) is 17.4 Å². The number of rotatable bonds is 6. The molecule has 18 heavy (non-hydrogen) atoms. The molecule has 100 valence electrons. The van der Waals surface area contributed by atoms with E-state index in [-0.39, 0.29) is 12.1 Å². The van der Waals surface area contributed by atoms with E-state index in [0.717, 1.165) is 5.56 Å². The van der Waals surface area contributed by atoms with Gasteiger partial charge in [0.05, 0.1) is 26.4 Å². The second kappa shape index (κ2) is 5.59. The summed E-state index contributed by atoms with van der Waals surface area (Å²) in [6, 6.07) is 5.66. The summed E-state index contributed by atoms with van der Waals surface area (Å²) in [5, 5.41) is 0. The molecule has 2 rings (SSSR count). The van der Waals surface area contributed by atoms with Gasteiger partial charge >= 0.3 is 0 Å². The van der Waals surface area contributed by atoms with Crippen LogP contribution in [-0.4, -0.2) is 27.4 Å². The summed E-state index contributed by atoms with van der Waals surface area (Å²) in [6.07, 6.45) is 2.50. The molecule has 1 aromatic rings. The fourth-order valence-corrected chi connectivity index (χ4v) is 2.31. The smallest absolute Gasteiger partial charge is 0.161 e. The van der Waals surface area contributed by atoms with Crippen LogP contribution in [0.1, 0.15) is 24.4 Å². The van der Waals surface area contributed by atoms with Crippen LogP contribution in [0.25, 0.3) is 0 Å². The van der Waals surface area contributed by atoms with Gasteiger partial charge in [-0.25, -0.2) is 0 Å². The Morgan fingerprint density at radius 2 is 1.78 bits per heavy atom. The third-order valence-electron chi connectivity index (χ3n) is 3.51. The van der Waals surface area contributed by atoms with Crippen LogP contribution in [0, 0.1) is 5.92 Å². The van der Waals surface area contributed by atoms with E-state index in [1.807, 2.05) is 18.2 Å². The third kappa shape index (κ3) is 2.60. The molecule has 4 heteroatoms. The first-order valence-electron chi connectivity index (χ1n) is 6.21. The van der Waals surface area contributed by atoms with Gasteiger partial charge in [-0.05, 0) is 36.5 Å². The lowest BCUT2D eigenvalue weighted by atomic mass is 9.98. The molecule has 0 bridgehead atoms. The van der Waals surface area contributed by atoms with Crippen molar-refractivity contribution >= 4 is 0 Å². The first kappa shape index (κ1) is 13.2. The summed E-state index contributed by atoms with van der Waals surface area (Å²) in [7, 11) is 4.98. The molecule has 1 aliphatic rings. The Labute approximate surface area is 108 Å². The lowest BCUT2D eigenvalue weighted by Crippen LogP contribution is -2.29. The highest BCUT2D eigenvalue weighted by atomic mass is 16.5. The molecule has 1 saturated carbocycles. The Morgan fingerprint density at radius 1 is 1.11 bits per heavy atom. The van der Waals surface area contributed by atoms with Crippen molar-refractivity contribution in [3.63, 3.8) is 0 Å². The van der Waals surface area contributed by atoms with E-state index in [1.165, 1.54) is 12.8 Å². The highest BCUT2D eigenvalue weighted by Crippen LogP contribution is 2.40. The van der Waals surface area contributed by atoms with Gasteiger partial charge in [0.1, 0.15) is 0 Å². The van der Waals surface area contributed by atoms with E-state index in [2.05, 4.69) is 0 Å². The quantitative estimate of drug-likeness (QED) is 0.841. The number of benzene rings is 1. The maximum absolute atomic E-state index is 6.28. The standard InChI is InChI=1S/C14H21NO3/c1-16-11-7-6-10(8-12(11)17-2)13(15)14(18-3)9-4-5-9/h6-9,13-14H,4-5,15H2,1-3H3. The summed E-state index contributed by atoms with van der Waals surface area (Å²) in [4.78, 5) is 0. The molecule has 0 radical (unpaired) electrons. The molecule has 2 N–H and O–H groups in total. The van der Waals surface area contributed by atoms with Crippen LogP contribution in [0.15, 0.2) is 18.2 Å². The van der Waals surface area contributed by atoms with Crippen LogP contribution in [0.4, 0.5) is 0 Å². The van der Waals surface area contributed by atoms with Crippen molar-refractivity contribution in [1.29, 1.82) is 0 Å². The van der Waals surface area contributed by atoms with E-state index in [9.17, 15) is 0 Å². The van der Waals surface area contributed by atoms with Gasteiger partial charge in [-0.2, -0.15) is 0 Å². The average molecular weight is 251 g/mol. The molecule has 4 nitrogen and oxygen atoms in total. The van der Waals surface area contributed by atoms with Crippen LogP contribution in [0.3, 0.4) is 0 Å². The first-order chi connectivity index (χ1) is 8.71. The third-order valence-corrected chi connectivity index (χ3v) is 3.51. The van der Waals surface area contributed by atoms with Gasteiger partial charge in [-0.15, -0.1) is 0 Å². The molecular formula is C14H21NO3. The Bertz CT molecular complexity index is 404. The van der Waals surface area contributed by atoms with E-state index in [4.69, 9.17) is 19.9 Å². The molecule has 2 unspecified atom stereocenters. The molecule has 0 amide bonds. The second-order valence-corrected chi connectivity index (χ2v) is 4.68. The summed E-state index contributed by atoms with van der Waals surface area (Å²) >= 11 is 0. The van der Waals surface area contributed by atoms with Gasteiger partial charge in [-0.1, -0.05) is 6.07 Å². The molecule has 0 aromatic heterocycles. The summed E-state index contributed by atoms with van der Waals surface area (Å²) < 4.78 is 16.0. The fraction of sp³-hybridized carbons (Fsp3) is 0.571. The van der Waals surface area contributed by atoms with Gasteiger partial charge in [-0.3, -0.25) is 0 Å².